The molecule has 0 aliphatic carbocycles. The van der Waals surface area contributed by atoms with Crippen LogP contribution in [0.4, 0.5) is 13.2 Å². The van der Waals surface area contributed by atoms with Gasteiger partial charge in [-0.15, -0.1) is 0 Å². The van der Waals surface area contributed by atoms with Crippen molar-refractivity contribution >= 4 is 17.4 Å². The maximum atomic E-state index is 12.6. The molecule has 1 rings (SSSR count). The fourth-order valence-corrected chi connectivity index (χ4v) is 0.999. The molecule has 0 unspecified atom stereocenters. The molecule has 0 spiro atoms. The second-order valence-electron chi connectivity index (χ2n) is 2.73. The van der Waals surface area contributed by atoms with E-state index in [9.17, 15) is 18.0 Å². The molecule has 0 aromatic heterocycles. The number of halogens is 4. The lowest BCUT2D eigenvalue weighted by Crippen LogP contribution is -2.23. The maximum Gasteiger partial charge on any atom is 0.380 e. The molecule has 0 amide bonds. The monoisotopic (exact) mass is 222 g/mol. The summed E-state index contributed by atoms with van der Waals surface area (Å²) in [5.41, 5.74) is 0.176. The van der Waals surface area contributed by atoms with E-state index in [0.29, 0.717) is 0 Å². The van der Waals surface area contributed by atoms with Gasteiger partial charge in [0.05, 0.1) is 0 Å². The highest BCUT2D eigenvalue weighted by molar-refractivity contribution is 6.32. The molecule has 0 radical (unpaired) electrons. The van der Waals surface area contributed by atoms with Gasteiger partial charge in [0.2, 0.25) is 5.78 Å². The van der Waals surface area contributed by atoms with E-state index < -0.39 is 23.4 Å². The van der Waals surface area contributed by atoms with Gasteiger partial charge in [0.1, 0.15) is 5.82 Å². The zero-order valence-corrected chi connectivity index (χ0v) is 7.69. The van der Waals surface area contributed by atoms with Gasteiger partial charge < -0.3 is 0 Å². The fourth-order valence-electron chi connectivity index (χ4n) is 0.933. The van der Waals surface area contributed by atoms with Crippen molar-refractivity contribution in [2.75, 3.05) is 0 Å². The number of benzene rings is 1. The van der Waals surface area contributed by atoms with E-state index in [1.807, 2.05) is 0 Å². The van der Waals surface area contributed by atoms with Gasteiger partial charge >= 0.3 is 5.38 Å². The van der Waals surface area contributed by atoms with Crippen molar-refractivity contribution in [1.29, 1.82) is 0 Å². The van der Waals surface area contributed by atoms with Crippen molar-refractivity contribution < 1.29 is 18.0 Å². The minimum absolute atomic E-state index is 0.176. The zero-order chi connectivity index (χ0) is 10.8. The number of alkyl halides is 3. The average Bonchev–Trinajstić information content (AvgIpc) is 2.02. The Hall–Kier alpha value is -1.03. The Labute approximate surface area is 83.5 Å². The molecule has 0 aliphatic heterocycles. The molecule has 0 atom stereocenters. The predicted octanol–water partition coefficient (Wildman–Crippen LogP) is 2.77. The SMILES string of the molecule is O=C(Cc1cccc(F)c1)C(F)(F)Cl. The highest BCUT2D eigenvalue weighted by Gasteiger charge is 2.34. The van der Waals surface area contributed by atoms with Crippen molar-refractivity contribution in [2.24, 2.45) is 0 Å². The third-order valence-corrected chi connectivity index (χ3v) is 1.78. The van der Waals surface area contributed by atoms with E-state index >= 15 is 0 Å². The van der Waals surface area contributed by atoms with Crippen LogP contribution < -0.4 is 0 Å². The second-order valence-corrected chi connectivity index (χ2v) is 3.20. The largest absolute Gasteiger partial charge is 0.380 e. The molecule has 1 aromatic rings. The van der Waals surface area contributed by atoms with Gasteiger partial charge in [0.25, 0.3) is 0 Å². The average molecular weight is 223 g/mol. The van der Waals surface area contributed by atoms with Gasteiger partial charge in [-0.1, -0.05) is 12.1 Å². The third-order valence-electron chi connectivity index (χ3n) is 1.57. The standard InChI is InChI=1S/C9H6ClF3O/c10-9(12,13)8(14)5-6-2-1-3-7(11)4-6/h1-4H,5H2. The van der Waals surface area contributed by atoms with Crippen molar-refractivity contribution in [3.8, 4) is 0 Å². The molecular formula is C9H6ClF3O. The van der Waals surface area contributed by atoms with Crippen molar-refractivity contribution in [2.45, 2.75) is 11.8 Å². The molecule has 1 nitrogen and oxygen atoms in total. The third kappa shape index (κ3) is 3.03. The molecule has 5 heteroatoms. The Morgan fingerprint density at radius 1 is 1.43 bits per heavy atom. The molecule has 0 saturated heterocycles. The Morgan fingerprint density at radius 3 is 2.57 bits per heavy atom. The molecular weight excluding hydrogens is 217 g/mol. The summed E-state index contributed by atoms with van der Waals surface area (Å²) in [5.74, 6) is -2.02. The van der Waals surface area contributed by atoms with Crippen LogP contribution in [0.25, 0.3) is 0 Å². The van der Waals surface area contributed by atoms with Gasteiger partial charge in [-0.3, -0.25) is 4.79 Å². The first kappa shape index (κ1) is 11.0. The fraction of sp³-hybridized carbons (Fsp3) is 0.222. The maximum absolute atomic E-state index is 12.6. The van der Waals surface area contributed by atoms with Crippen LogP contribution in [0.2, 0.25) is 0 Å². The summed E-state index contributed by atoms with van der Waals surface area (Å²) in [7, 11) is 0. The first-order valence-electron chi connectivity index (χ1n) is 3.74. The van der Waals surface area contributed by atoms with Gasteiger partial charge in [-0.25, -0.2) is 4.39 Å². The van der Waals surface area contributed by atoms with Crippen molar-refractivity contribution in [3.63, 3.8) is 0 Å². The molecule has 76 valence electrons. The van der Waals surface area contributed by atoms with Crippen LogP contribution in [-0.2, 0) is 11.2 Å². The van der Waals surface area contributed by atoms with Crippen LogP contribution in [-0.4, -0.2) is 11.2 Å². The number of ketones is 1. The van der Waals surface area contributed by atoms with Crippen LogP contribution in [0.5, 0.6) is 0 Å². The van der Waals surface area contributed by atoms with E-state index in [-0.39, 0.29) is 5.56 Å². The number of rotatable bonds is 3. The van der Waals surface area contributed by atoms with Crippen molar-refractivity contribution in [3.05, 3.63) is 35.6 Å². The van der Waals surface area contributed by atoms with Crippen molar-refractivity contribution in [1.82, 2.24) is 0 Å². The molecule has 0 fully saturated rings. The van der Waals surface area contributed by atoms with Gasteiger partial charge in [0.15, 0.2) is 0 Å². The number of carbonyl (C=O) groups excluding carboxylic acids is 1. The Kier molecular flexibility index (Phi) is 3.16. The Balaban J connectivity index is 2.75. The van der Waals surface area contributed by atoms with Gasteiger partial charge in [-0.2, -0.15) is 8.78 Å². The molecule has 0 bridgehead atoms. The lowest BCUT2D eigenvalue weighted by atomic mass is 10.1. The summed E-state index contributed by atoms with van der Waals surface area (Å²) in [6.07, 6.45) is -0.575. The number of hydrogen-bond acceptors (Lipinski definition) is 1. The van der Waals surface area contributed by atoms with Crippen LogP contribution in [0, 0.1) is 5.82 Å². The van der Waals surface area contributed by atoms with E-state index in [0.717, 1.165) is 12.1 Å². The van der Waals surface area contributed by atoms with Crippen LogP contribution in [0.1, 0.15) is 5.56 Å². The summed E-state index contributed by atoms with van der Waals surface area (Å²) in [4.78, 5) is 10.7. The summed E-state index contributed by atoms with van der Waals surface area (Å²) >= 11 is 4.50. The molecule has 0 heterocycles. The molecule has 0 saturated carbocycles. The number of Topliss-reactive ketones (excluding diaryl/α,β-unsaturated/α-hetero) is 1. The minimum Gasteiger partial charge on any atom is -0.291 e. The molecule has 0 aliphatic rings. The Morgan fingerprint density at radius 2 is 2.07 bits per heavy atom. The number of hydrogen-bond donors (Lipinski definition) is 0. The van der Waals surface area contributed by atoms with E-state index in [1.165, 1.54) is 12.1 Å². The second kappa shape index (κ2) is 4.00. The highest BCUT2D eigenvalue weighted by atomic mass is 35.5. The lowest BCUT2D eigenvalue weighted by molar-refractivity contribution is -0.132. The summed E-state index contributed by atoms with van der Waals surface area (Å²) in [6, 6.07) is 4.89. The predicted molar refractivity (Wildman–Crippen MR) is 45.9 cm³/mol. The first-order chi connectivity index (χ1) is 6.39. The minimum atomic E-state index is -3.88. The van der Waals surface area contributed by atoms with Crippen LogP contribution in [0.3, 0.4) is 0 Å². The number of carbonyl (C=O) groups is 1. The van der Waals surface area contributed by atoms with Crippen LogP contribution >= 0.6 is 11.6 Å². The van der Waals surface area contributed by atoms with E-state index in [4.69, 9.17) is 0 Å². The topological polar surface area (TPSA) is 17.1 Å². The summed E-state index contributed by atoms with van der Waals surface area (Å²) in [6.45, 7) is 0. The highest BCUT2D eigenvalue weighted by Crippen LogP contribution is 2.22. The smallest absolute Gasteiger partial charge is 0.291 e. The van der Waals surface area contributed by atoms with E-state index in [2.05, 4.69) is 11.6 Å². The van der Waals surface area contributed by atoms with E-state index in [1.54, 1.807) is 0 Å². The van der Waals surface area contributed by atoms with Gasteiger partial charge in [-0.05, 0) is 29.3 Å². The first-order valence-corrected chi connectivity index (χ1v) is 4.12. The van der Waals surface area contributed by atoms with Crippen LogP contribution in [0.15, 0.2) is 24.3 Å². The molecule has 1 aromatic carbocycles. The summed E-state index contributed by atoms with van der Waals surface area (Å²) in [5, 5.41) is -3.88. The summed E-state index contributed by atoms with van der Waals surface area (Å²) < 4.78 is 37.0. The van der Waals surface area contributed by atoms with Gasteiger partial charge in [0, 0.05) is 6.42 Å². The molecule has 0 N–H and O–H groups in total. The lowest BCUT2D eigenvalue weighted by Gasteiger charge is -2.05. The Bertz CT molecular complexity index is 346. The molecule has 14 heavy (non-hydrogen) atoms. The zero-order valence-electron chi connectivity index (χ0n) is 6.94. The quantitative estimate of drug-likeness (QED) is 0.719. The normalized spacial score (nSPS) is 11.4.